The van der Waals surface area contributed by atoms with Crippen LogP contribution >= 0.6 is 0 Å². The van der Waals surface area contributed by atoms with Crippen LogP contribution in [-0.4, -0.2) is 275 Å². The van der Waals surface area contributed by atoms with Crippen LogP contribution in [0.25, 0.3) is 44.6 Å². The Hall–Kier alpha value is -10.8. The number of ether oxygens (including phenoxy) is 7. The zero-order valence-electron chi connectivity index (χ0n) is 73.7. The van der Waals surface area contributed by atoms with Crippen molar-refractivity contribution in [3.63, 3.8) is 0 Å². The molecule has 3 amide bonds. The van der Waals surface area contributed by atoms with Gasteiger partial charge in [-0.1, -0.05) is 69.4 Å². The van der Waals surface area contributed by atoms with Crippen LogP contribution < -0.4 is 37.6 Å². The minimum Gasteiger partial charge on any atom is -0.459 e. The highest BCUT2D eigenvalue weighted by Crippen LogP contribution is 2.40. The summed E-state index contributed by atoms with van der Waals surface area (Å²) >= 11 is 0. The number of nitrogens with zero attached hydrogens (tertiary/aromatic N) is 15. The minimum absolute atomic E-state index is 0.00640. The second-order valence-electron chi connectivity index (χ2n) is 33.8. The molecule has 4 aliphatic heterocycles. The maximum absolute atomic E-state index is 14.8. The fourth-order valence-corrected chi connectivity index (χ4v) is 17.1. The number of methoxy groups -OCH3 is 2. The third-order valence-electron chi connectivity index (χ3n) is 24.6. The summed E-state index contributed by atoms with van der Waals surface area (Å²) in [6.45, 7) is 15.7. The summed E-state index contributed by atoms with van der Waals surface area (Å²) in [4.78, 5) is 134. The van der Waals surface area contributed by atoms with Crippen molar-refractivity contribution >= 4 is 86.9 Å². The molecular weight excluding hydrogens is 1640 g/mol. The largest absolute Gasteiger partial charge is 0.459 e. The number of nitrogen functional groups attached to an aromatic ring is 2. The Morgan fingerprint density at radius 1 is 0.740 bits per heavy atom. The van der Waals surface area contributed by atoms with Gasteiger partial charge in [0.1, 0.15) is 59.2 Å². The maximum atomic E-state index is 14.8. The first kappa shape index (κ1) is 95.3. The first-order valence-corrected chi connectivity index (χ1v) is 44.1. The number of piperazine rings is 1. The summed E-state index contributed by atoms with van der Waals surface area (Å²) in [7, 11) is 3.17. The number of aliphatic hydroxyl groups excluding tert-OH is 2. The van der Waals surface area contributed by atoms with Crippen LogP contribution in [0.15, 0.2) is 108 Å². The number of hydrogen-bond acceptors (Lipinski definition) is 33. The molecule has 15 atom stereocenters. The van der Waals surface area contributed by atoms with Gasteiger partial charge in [0.25, 0.3) is 23.6 Å². The van der Waals surface area contributed by atoms with E-state index in [4.69, 9.17) is 69.8 Å². The molecule has 11 N–H and O–H groups in total. The van der Waals surface area contributed by atoms with Gasteiger partial charge in [-0.25, -0.2) is 44.1 Å². The number of allylic oxidation sites excluding steroid dienone is 6. The van der Waals surface area contributed by atoms with Crippen molar-refractivity contribution in [3.8, 4) is 22.5 Å². The van der Waals surface area contributed by atoms with Crippen LogP contribution in [0.4, 0.5) is 23.7 Å². The van der Waals surface area contributed by atoms with Crippen molar-refractivity contribution in [1.29, 1.82) is 0 Å². The molecule has 0 spiro atoms. The number of piperidine rings is 1. The van der Waals surface area contributed by atoms with Crippen LogP contribution in [0, 0.1) is 29.6 Å². The van der Waals surface area contributed by atoms with Crippen molar-refractivity contribution in [1.82, 2.24) is 75.2 Å². The molecule has 1 aromatic carbocycles. The minimum atomic E-state index is -2.51. The van der Waals surface area contributed by atoms with Crippen molar-refractivity contribution < 1.29 is 86.5 Å². The summed E-state index contributed by atoms with van der Waals surface area (Å²) < 4.78 is 50.4. The van der Waals surface area contributed by atoms with E-state index in [9.17, 15) is 48.9 Å². The topological polar surface area (TPSA) is 509 Å². The molecule has 6 aromatic heterocycles. The lowest BCUT2D eigenvalue weighted by Crippen LogP contribution is -2.61. The number of fused-ring (bicyclic) bond motifs is 5. The highest BCUT2D eigenvalue weighted by atomic mass is 16.6. The highest BCUT2D eigenvalue weighted by molar-refractivity contribution is 6.39. The molecule has 7 aromatic rings. The average Bonchev–Trinajstić information content (AvgIpc) is 1.69. The molecule has 12 rings (SSSR count). The van der Waals surface area contributed by atoms with Gasteiger partial charge in [0, 0.05) is 146 Å². The average molecular weight is 1760 g/mol. The molecule has 38 heteroatoms. The quantitative estimate of drug-likeness (QED) is 0.0118. The molecular formula is C89H122N20O18. The number of Topliss-reactive ketones (excluding diaryl/α,β-unsaturated/α-hetero) is 3. The van der Waals surface area contributed by atoms with E-state index in [1.807, 2.05) is 67.5 Å². The molecule has 127 heavy (non-hydrogen) atoms. The summed E-state index contributed by atoms with van der Waals surface area (Å²) in [6.07, 6.45) is 20.1. The Morgan fingerprint density at radius 2 is 1.46 bits per heavy atom. The van der Waals surface area contributed by atoms with Gasteiger partial charge in [-0.3, -0.25) is 28.8 Å². The van der Waals surface area contributed by atoms with Crippen molar-refractivity contribution in [3.05, 3.63) is 109 Å². The van der Waals surface area contributed by atoms with E-state index < -0.39 is 95.4 Å². The zero-order chi connectivity index (χ0) is 90.4. The van der Waals surface area contributed by atoms with Crippen molar-refractivity contribution in [2.75, 3.05) is 121 Å². The van der Waals surface area contributed by atoms with Gasteiger partial charge in [-0.2, -0.15) is 10.1 Å². The summed E-state index contributed by atoms with van der Waals surface area (Å²) in [5.41, 5.74) is 24.8. The second kappa shape index (κ2) is 45.3. The molecule has 38 nitrogen and oxygen atoms in total. The number of cyclic esters (lactones) is 1. The normalized spacial score (nSPS) is 26.5. The SMILES string of the molecule is CO[C@H]1C[C@@H]2CC[C@@H](C)[C@@](O)(O2)C(=O)C(=O)N2CCCC[C@H]2C(=O)O[C@H]([C@H](N)C[C@@H]2CC[C@H](n3cc(-c4cnc(N5CCN(c6ncc(C(=O)NCCOCCOCCOCCC(=O)NCCCCn7nc(-c8ccc9oc(N)nc9c8)c8c(N)ncnc87)cn6)CC5)nc4)nn3)[C@H](OC)C2)CC(=O)[C@H](C)/C=C(\C)[C@@H](O)[C@@H](O)C(=O)[C@H](C)C[C@H](C)/C=C/C=CC=C1C. The van der Waals surface area contributed by atoms with Gasteiger partial charge in [0.2, 0.25) is 23.6 Å². The predicted octanol–water partition coefficient (Wildman–Crippen LogP) is 6.14. The number of oxazole rings is 1. The number of nitrogens with one attached hydrogen (secondary N) is 2. The van der Waals surface area contributed by atoms with Gasteiger partial charge < -0.3 is 95.4 Å². The van der Waals surface area contributed by atoms with Gasteiger partial charge in [0.15, 0.2) is 17.0 Å². The molecule has 3 saturated heterocycles. The molecule has 1 aliphatic carbocycles. The van der Waals surface area contributed by atoms with Gasteiger partial charge in [0.05, 0.1) is 81.1 Å². The fourth-order valence-electron chi connectivity index (χ4n) is 17.1. The number of carbonyl (C=O) groups excluding carboxylic acids is 7. The third kappa shape index (κ3) is 24.7. The monoisotopic (exact) mass is 1760 g/mol. The zero-order valence-corrected chi connectivity index (χ0v) is 73.7. The number of esters is 1. The van der Waals surface area contributed by atoms with Crippen LogP contribution in [0.5, 0.6) is 0 Å². The lowest BCUT2D eigenvalue weighted by atomic mass is 9.79. The van der Waals surface area contributed by atoms with Crippen molar-refractivity contribution in [2.24, 2.45) is 35.3 Å². The Bertz CT molecular complexity index is 5010. The summed E-state index contributed by atoms with van der Waals surface area (Å²) in [5.74, 6) is -8.28. The molecule has 686 valence electrons. The highest BCUT2D eigenvalue weighted by Gasteiger charge is 2.53. The van der Waals surface area contributed by atoms with E-state index in [0.717, 1.165) is 22.5 Å². The number of aryl methyl sites for hydroxylation is 1. The number of anilines is 4. The number of rotatable bonds is 28. The standard InChI is InChI=1S/C89H122N20O18/c1-53-16-10-9-11-17-54(2)71(120-7)45-63-22-19-58(6)89(119,127-63)80(115)84(117)107-28-14-12-18-68(107)85(118)125-72(46-69(110)55(3)41-57(5)78(113)79(114)77(112)56(4)40-53)64(90)42-59-20-23-67(73(43-59)121-8)109-51-66(102-104-109)61-47-95-87(96-48-61)105-30-32-106(33-31-105)88-97-49-62(50-98-88)83(116)94-27-35-123-37-39-124-38-36-122-34-25-74(111)93-26-13-15-29-108-82-75(81(91)99-52-100-82)76(103-108)60-21-24-70-65(44-60)101-86(92)126-70/h9-11,16-17,21,24,41,44,47-53,55-56,58-59,63-64,67-68,71-73,78-79,113-114,119H,12-15,18-20,22-23,25-40,42-43,45-46,90H2,1-8H3,(H2,92,101)(H,93,111)(H,94,116)(H2,91,99,100)/b11-9?,16-10+,54-17?,57-41+/t53-,55-,56-,58-,59+,63+,64-,67+,68+,71+,72+,73-,78-,79+,89-/m1/s1. The van der Waals surface area contributed by atoms with Crippen LogP contribution in [0.3, 0.4) is 0 Å². The Balaban J connectivity index is 0.560. The van der Waals surface area contributed by atoms with E-state index in [1.165, 1.54) is 31.7 Å². The summed E-state index contributed by atoms with van der Waals surface area (Å²) in [5, 5.41) is 55.1. The lowest BCUT2D eigenvalue weighted by molar-refractivity contribution is -0.265. The predicted molar refractivity (Wildman–Crippen MR) is 468 cm³/mol. The maximum Gasteiger partial charge on any atom is 0.329 e. The molecule has 2 bridgehead atoms. The Morgan fingerprint density at radius 3 is 2.18 bits per heavy atom. The molecule has 0 radical (unpaired) electrons. The number of hydrogen-bond donors (Lipinski definition) is 8. The summed E-state index contributed by atoms with van der Waals surface area (Å²) in [6, 6.07) is 3.09. The second-order valence-corrected chi connectivity index (χ2v) is 33.8. The van der Waals surface area contributed by atoms with E-state index in [0.29, 0.717) is 186 Å². The van der Waals surface area contributed by atoms with Crippen LogP contribution in [0.2, 0.25) is 0 Å². The van der Waals surface area contributed by atoms with Crippen molar-refractivity contribution in [2.45, 2.75) is 205 Å². The molecule has 5 aliphatic rings. The smallest absolute Gasteiger partial charge is 0.329 e. The number of carbonyl (C=O) groups is 7. The molecule has 1 saturated carbocycles. The number of aromatic nitrogens is 12. The van der Waals surface area contributed by atoms with E-state index in [1.54, 1.807) is 62.8 Å². The van der Waals surface area contributed by atoms with Crippen LogP contribution in [0.1, 0.15) is 154 Å². The number of unbranched alkanes of at least 4 members (excludes halogenated alkanes) is 1. The first-order valence-electron chi connectivity index (χ1n) is 44.1. The number of ketones is 3. The van der Waals surface area contributed by atoms with E-state index in [-0.39, 0.29) is 106 Å². The Labute approximate surface area is 737 Å². The van der Waals surface area contributed by atoms with E-state index in [2.05, 4.69) is 50.8 Å². The lowest BCUT2D eigenvalue weighted by Gasteiger charge is -2.42. The van der Waals surface area contributed by atoms with Gasteiger partial charge in [-0.05, 0) is 132 Å². The van der Waals surface area contributed by atoms with Crippen LogP contribution in [-0.2, 0) is 68.5 Å². The number of aliphatic hydroxyl groups is 3. The van der Waals surface area contributed by atoms with Gasteiger partial charge >= 0.3 is 5.97 Å². The number of amides is 3. The van der Waals surface area contributed by atoms with Gasteiger partial charge in [-0.15, -0.1) is 5.10 Å². The number of nitrogens with two attached hydrogens (primary N) is 3. The molecule has 10 heterocycles. The molecule has 4 fully saturated rings. The fraction of sp³-hybridized carbons (Fsp3) is 0.584. The molecule has 0 unspecified atom stereocenters. The Kier molecular flexibility index (Phi) is 34.0. The third-order valence-corrected chi connectivity index (χ3v) is 24.6. The first-order chi connectivity index (χ1) is 61.2. The number of benzene rings is 1. The van der Waals surface area contributed by atoms with E-state index >= 15 is 0 Å².